The summed E-state index contributed by atoms with van der Waals surface area (Å²) in [5, 5.41) is 4.36. The van der Waals surface area contributed by atoms with Crippen LogP contribution >= 0.6 is 11.3 Å². The second-order valence-corrected chi connectivity index (χ2v) is 7.44. The quantitative estimate of drug-likeness (QED) is 0.733. The Kier molecular flexibility index (Phi) is 6.17. The molecule has 0 saturated carbocycles. The van der Waals surface area contributed by atoms with Crippen molar-refractivity contribution in [1.29, 1.82) is 0 Å². The highest BCUT2D eigenvalue weighted by molar-refractivity contribution is 7.90. The Labute approximate surface area is 116 Å². The lowest BCUT2D eigenvalue weighted by molar-refractivity contribution is -0.121. The van der Waals surface area contributed by atoms with Gasteiger partial charge in [-0.25, -0.2) is 8.42 Å². The Bertz CT molecular complexity index is 520. The number of thiophene rings is 1. The molecule has 0 aliphatic rings. The van der Waals surface area contributed by atoms with Crippen molar-refractivity contribution in [2.24, 2.45) is 0 Å². The van der Waals surface area contributed by atoms with E-state index in [4.69, 9.17) is 0 Å². The largest absolute Gasteiger partial charge is 0.355 e. The van der Waals surface area contributed by atoms with Gasteiger partial charge in [0, 0.05) is 25.6 Å². The van der Waals surface area contributed by atoms with Crippen LogP contribution in [0, 0.1) is 0 Å². The fourth-order valence-electron chi connectivity index (χ4n) is 1.43. The number of carbonyl (C=O) groups excluding carboxylic acids is 2. The van der Waals surface area contributed by atoms with Crippen molar-refractivity contribution < 1.29 is 18.0 Å². The third-order valence-electron chi connectivity index (χ3n) is 2.40. The highest BCUT2D eigenvalue weighted by atomic mass is 32.2. The molecule has 7 heteroatoms. The van der Waals surface area contributed by atoms with Crippen molar-refractivity contribution in [2.75, 3.05) is 18.6 Å². The number of carbonyl (C=O) groups is 2. The van der Waals surface area contributed by atoms with Crippen molar-refractivity contribution >= 4 is 32.9 Å². The molecule has 1 aromatic rings. The Morgan fingerprint density at radius 2 is 2.05 bits per heavy atom. The van der Waals surface area contributed by atoms with Crippen LogP contribution < -0.4 is 5.32 Å². The summed E-state index contributed by atoms with van der Waals surface area (Å²) >= 11 is 1.39. The van der Waals surface area contributed by atoms with Crippen molar-refractivity contribution in [3.05, 3.63) is 22.4 Å². The molecule has 0 aliphatic carbocycles. The fourth-order valence-corrected chi connectivity index (χ4v) is 2.60. The Morgan fingerprint density at radius 3 is 2.63 bits per heavy atom. The molecule has 0 atom stereocenters. The molecular weight excluding hydrogens is 286 g/mol. The van der Waals surface area contributed by atoms with Gasteiger partial charge in [-0.1, -0.05) is 6.07 Å². The van der Waals surface area contributed by atoms with Crippen LogP contribution in [0.5, 0.6) is 0 Å². The first-order chi connectivity index (χ1) is 8.88. The maximum Gasteiger partial charge on any atom is 0.220 e. The minimum Gasteiger partial charge on any atom is -0.355 e. The molecule has 106 valence electrons. The first-order valence-corrected chi connectivity index (χ1v) is 8.83. The second-order valence-electron chi connectivity index (χ2n) is 4.23. The van der Waals surface area contributed by atoms with Crippen LogP contribution in [0.25, 0.3) is 0 Å². The van der Waals surface area contributed by atoms with Gasteiger partial charge in [-0.2, -0.15) is 0 Å². The van der Waals surface area contributed by atoms with E-state index in [1.807, 2.05) is 11.4 Å². The van der Waals surface area contributed by atoms with Gasteiger partial charge in [0.15, 0.2) is 5.78 Å². The molecule has 0 unspecified atom stereocenters. The van der Waals surface area contributed by atoms with E-state index in [1.54, 1.807) is 6.07 Å². The van der Waals surface area contributed by atoms with Crippen LogP contribution in [0.3, 0.4) is 0 Å². The highest BCUT2D eigenvalue weighted by Crippen LogP contribution is 2.12. The van der Waals surface area contributed by atoms with E-state index >= 15 is 0 Å². The van der Waals surface area contributed by atoms with E-state index in [-0.39, 0.29) is 30.4 Å². The van der Waals surface area contributed by atoms with E-state index < -0.39 is 9.84 Å². The van der Waals surface area contributed by atoms with E-state index in [9.17, 15) is 18.0 Å². The molecule has 0 spiro atoms. The molecule has 0 aliphatic heterocycles. The van der Waals surface area contributed by atoms with E-state index in [2.05, 4.69) is 5.32 Å². The van der Waals surface area contributed by atoms with Crippen LogP contribution in [-0.2, 0) is 14.6 Å². The number of ketones is 1. The third kappa shape index (κ3) is 7.07. The van der Waals surface area contributed by atoms with Gasteiger partial charge in [0.05, 0.1) is 10.6 Å². The van der Waals surface area contributed by atoms with Gasteiger partial charge in [0.2, 0.25) is 5.91 Å². The van der Waals surface area contributed by atoms with Crippen molar-refractivity contribution in [3.63, 3.8) is 0 Å². The minimum atomic E-state index is -3.05. The third-order valence-corrected chi connectivity index (χ3v) is 4.26. The van der Waals surface area contributed by atoms with Crippen molar-refractivity contribution in [1.82, 2.24) is 5.32 Å². The summed E-state index contributed by atoms with van der Waals surface area (Å²) in [5.74, 6) is -0.242. The summed E-state index contributed by atoms with van der Waals surface area (Å²) in [7, 11) is -3.05. The maximum atomic E-state index is 11.6. The number of amides is 1. The number of rotatable bonds is 8. The molecule has 1 amide bonds. The number of hydrogen-bond donors (Lipinski definition) is 1. The van der Waals surface area contributed by atoms with Crippen molar-refractivity contribution in [2.45, 2.75) is 19.3 Å². The van der Waals surface area contributed by atoms with Crippen LogP contribution in [0.15, 0.2) is 17.5 Å². The molecule has 0 fully saturated rings. The van der Waals surface area contributed by atoms with Gasteiger partial charge in [-0.15, -0.1) is 11.3 Å². The summed E-state index contributed by atoms with van der Waals surface area (Å²) in [4.78, 5) is 23.7. The Morgan fingerprint density at radius 1 is 1.32 bits per heavy atom. The molecule has 5 nitrogen and oxygen atoms in total. The van der Waals surface area contributed by atoms with Crippen LogP contribution in [-0.4, -0.2) is 38.7 Å². The smallest absolute Gasteiger partial charge is 0.220 e. The summed E-state index contributed by atoms with van der Waals surface area (Å²) in [6, 6.07) is 3.58. The normalized spacial score (nSPS) is 11.2. The van der Waals surface area contributed by atoms with Crippen molar-refractivity contribution in [3.8, 4) is 0 Å². The first kappa shape index (κ1) is 15.8. The fraction of sp³-hybridized carbons (Fsp3) is 0.500. The van der Waals surface area contributed by atoms with E-state index in [0.717, 1.165) is 6.26 Å². The predicted molar refractivity (Wildman–Crippen MR) is 75.2 cm³/mol. The van der Waals surface area contributed by atoms with E-state index in [0.29, 0.717) is 17.7 Å². The molecule has 1 heterocycles. The molecule has 19 heavy (non-hydrogen) atoms. The molecule has 1 aromatic heterocycles. The number of nitrogens with one attached hydrogen (secondary N) is 1. The zero-order chi connectivity index (χ0) is 14.3. The number of Topliss-reactive ketones (excluding diaryl/α,β-unsaturated/α-hetero) is 1. The molecule has 0 bridgehead atoms. The van der Waals surface area contributed by atoms with Gasteiger partial charge in [-0.05, 0) is 17.9 Å². The minimum absolute atomic E-state index is 0.0407. The lowest BCUT2D eigenvalue weighted by atomic mass is 10.1. The van der Waals surface area contributed by atoms with Crippen LogP contribution in [0.2, 0.25) is 0 Å². The molecule has 0 saturated heterocycles. The second kappa shape index (κ2) is 7.40. The topological polar surface area (TPSA) is 80.3 Å². The van der Waals surface area contributed by atoms with Crippen LogP contribution in [0.4, 0.5) is 0 Å². The average molecular weight is 303 g/mol. The van der Waals surface area contributed by atoms with Gasteiger partial charge in [-0.3, -0.25) is 9.59 Å². The van der Waals surface area contributed by atoms with Gasteiger partial charge in [0.25, 0.3) is 0 Å². The van der Waals surface area contributed by atoms with E-state index in [1.165, 1.54) is 11.3 Å². The zero-order valence-electron chi connectivity index (χ0n) is 10.7. The molecule has 1 N–H and O–H groups in total. The molecule has 1 rings (SSSR count). The number of sulfone groups is 1. The van der Waals surface area contributed by atoms with Gasteiger partial charge < -0.3 is 5.32 Å². The average Bonchev–Trinajstić information content (AvgIpc) is 2.80. The summed E-state index contributed by atoms with van der Waals surface area (Å²) in [6.07, 6.45) is 2.17. The van der Waals surface area contributed by atoms with Crippen LogP contribution in [0.1, 0.15) is 28.9 Å². The van der Waals surface area contributed by atoms with Gasteiger partial charge >= 0.3 is 0 Å². The highest BCUT2D eigenvalue weighted by Gasteiger charge is 2.09. The molecular formula is C12H17NO4S2. The summed E-state index contributed by atoms with van der Waals surface area (Å²) < 4.78 is 21.7. The zero-order valence-corrected chi connectivity index (χ0v) is 12.4. The summed E-state index contributed by atoms with van der Waals surface area (Å²) in [6.45, 7) is 0.122. The molecule has 0 aromatic carbocycles. The monoisotopic (exact) mass is 303 g/mol. The molecule has 0 radical (unpaired) electrons. The standard InChI is InChI=1S/C12H17NO4S2/c1-19(16,17)9-7-13-12(15)6-2-4-10(14)11-5-3-8-18-11/h3,5,8H,2,4,6-7,9H2,1H3,(H,13,15). The first-order valence-electron chi connectivity index (χ1n) is 5.89. The Balaban J connectivity index is 2.15. The summed E-state index contributed by atoms with van der Waals surface area (Å²) in [5.41, 5.74) is 0. The predicted octanol–water partition coefficient (Wildman–Crippen LogP) is 1.26. The lowest BCUT2D eigenvalue weighted by Crippen LogP contribution is -2.28. The maximum absolute atomic E-state index is 11.6. The number of hydrogen-bond acceptors (Lipinski definition) is 5. The Hall–Kier alpha value is -1.21. The lowest BCUT2D eigenvalue weighted by Gasteiger charge is -2.03. The van der Waals surface area contributed by atoms with Gasteiger partial charge in [0.1, 0.15) is 9.84 Å². The SMILES string of the molecule is CS(=O)(=O)CCNC(=O)CCCC(=O)c1cccs1.